The van der Waals surface area contributed by atoms with Crippen molar-refractivity contribution in [2.24, 2.45) is 0 Å². The van der Waals surface area contributed by atoms with Gasteiger partial charge < -0.3 is 9.47 Å². The van der Waals surface area contributed by atoms with Crippen molar-refractivity contribution >= 4 is 0 Å². The summed E-state index contributed by atoms with van der Waals surface area (Å²) in [5.41, 5.74) is 1.35. The summed E-state index contributed by atoms with van der Waals surface area (Å²) in [6.07, 6.45) is -1.38. The van der Waals surface area contributed by atoms with E-state index in [1.54, 1.807) is 53.5 Å². The zero-order chi connectivity index (χ0) is 17.7. The van der Waals surface area contributed by atoms with Gasteiger partial charge in [0.05, 0.1) is 5.69 Å². The van der Waals surface area contributed by atoms with Crippen LogP contribution in [0.1, 0.15) is 5.56 Å². The molecule has 3 rings (SSSR count). The lowest BCUT2D eigenvalue weighted by Crippen LogP contribution is -2.19. The van der Waals surface area contributed by atoms with Crippen LogP contribution in [0.15, 0.2) is 61.2 Å². The molecule has 2 aromatic carbocycles. The highest BCUT2D eigenvalue weighted by Gasteiger charge is 2.28. The molecule has 25 heavy (non-hydrogen) atoms. The summed E-state index contributed by atoms with van der Waals surface area (Å²) in [6.45, 7) is -1.24. The van der Waals surface area contributed by atoms with E-state index in [1.807, 2.05) is 0 Å². The zero-order valence-corrected chi connectivity index (χ0v) is 13.0. The number of halogens is 3. The highest BCUT2D eigenvalue weighted by molar-refractivity contribution is 5.37. The van der Waals surface area contributed by atoms with Crippen LogP contribution in [0.25, 0.3) is 5.69 Å². The molecule has 0 aliphatic carbocycles. The van der Waals surface area contributed by atoms with Crippen molar-refractivity contribution in [3.8, 4) is 17.2 Å². The molecular formula is C17H14F3N3O2. The van der Waals surface area contributed by atoms with Crippen LogP contribution in [-0.4, -0.2) is 27.5 Å². The first-order valence-electron chi connectivity index (χ1n) is 7.36. The molecule has 0 spiro atoms. The predicted octanol–water partition coefficient (Wildman–Crippen LogP) is 3.79. The van der Waals surface area contributed by atoms with Gasteiger partial charge in [0.1, 0.15) is 30.8 Å². The first-order valence-corrected chi connectivity index (χ1v) is 7.36. The number of para-hydroxylation sites is 1. The summed E-state index contributed by atoms with van der Waals surface area (Å²) in [7, 11) is 0. The molecule has 0 aliphatic heterocycles. The minimum absolute atomic E-state index is 0.0940. The van der Waals surface area contributed by atoms with Gasteiger partial charge in [-0.15, -0.1) is 0 Å². The Labute approximate surface area is 141 Å². The van der Waals surface area contributed by atoms with Gasteiger partial charge in [-0.2, -0.15) is 18.3 Å². The molecule has 0 saturated carbocycles. The predicted molar refractivity (Wildman–Crippen MR) is 83.7 cm³/mol. The van der Waals surface area contributed by atoms with Gasteiger partial charge in [0.25, 0.3) is 0 Å². The number of rotatable bonds is 6. The normalized spacial score (nSPS) is 11.3. The van der Waals surface area contributed by atoms with Crippen LogP contribution in [0.5, 0.6) is 11.5 Å². The topological polar surface area (TPSA) is 49.2 Å². The third kappa shape index (κ3) is 4.72. The molecule has 0 aliphatic rings. The Morgan fingerprint density at radius 3 is 2.40 bits per heavy atom. The number of nitrogens with zero attached hydrogens (tertiary/aromatic N) is 3. The fourth-order valence-corrected chi connectivity index (χ4v) is 2.12. The van der Waals surface area contributed by atoms with Crippen molar-refractivity contribution < 1.29 is 22.6 Å². The summed E-state index contributed by atoms with van der Waals surface area (Å²) < 4.78 is 49.0. The van der Waals surface area contributed by atoms with Crippen molar-refractivity contribution in [3.63, 3.8) is 0 Å². The Morgan fingerprint density at radius 1 is 0.960 bits per heavy atom. The summed E-state index contributed by atoms with van der Waals surface area (Å²) in [5, 5.41) is 4.02. The van der Waals surface area contributed by atoms with E-state index in [0.717, 1.165) is 5.69 Å². The summed E-state index contributed by atoms with van der Waals surface area (Å²) >= 11 is 0. The van der Waals surface area contributed by atoms with E-state index in [9.17, 15) is 13.2 Å². The van der Waals surface area contributed by atoms with Gasteiger partial charge in [-0.1, -0.05) is 18.2 Å². The molecule has 0 atom stereocenters. The molecule has 0 bridgehead atoms. The zero-order valence-electron chi connectivity index (χ0n) is 13.0. The van der Waals surface area contributed by atoms with Crippen molar-refractivity contribution in [2.45, 2.75) is 12.8 Å². The molecule has 0 fully saturated rings. The smallest absolute Gasteiger partial charge is 0.422 e. The van der Waals surface area contributed by atoms with Crippen LogP contribution >= 0.6 is 0 Å². The largest absolute Gasteiger partial charge is 0.489 e. The second-order valence-corrected chi connectivity index (χ2v) is 5.13. The second-order valence-electron chi connectivity index (χ2n) is 5.13. The van der Waals surface area contributed by atoms with E-state index < -0.39 is 12.8 Å². The van der Waals surface area contributed by atoms with E-state index in [-0.39, 0.29) is 12.4 Å². The number of benzene rings is 2. The molecule has 0 radical (unpaired) electrons. The van der Waals surface area contributed by atoms with Crippen LogP contribution < -0.4 is 9.47 Å². The third-order valence-electron chi connectivity index (χ3n) is 3.28. The van der Waals surface area contributed by atoms with Crippen LogP contribution in [0, 0.1) is 0 Å². The fourth-order valence-electron chi connectivity index (χ4n) is 2.12. The maximum absolute atomic E-state index is 12.3. The average Bonchev–Trinajstić information content (AvgIpc) is 3.13. The van der Waals surface area contributed by atoms with Crippen molar-refractivity contribution in [2.75, 3.05) is 6.61 Å². The van der Waals surface area contributed by atoms with Crippen LogP contribution in [0.3, 0.4) is 0 Å². The van der Waals surface area contributed by atoms with Crippen LogP contribution in [0.4, 0.5) is 13.2 Å². The van der Waals surface area contributed by atoms with Gasteiger partial charge in [-0.25, -0.2) is 9.67 Å². The van der Waals surface area contributed by atoms with Gasteiger partial charge in [-0.05, 0) is 30.3 Å². The van der Waals surface area contributed by atoms with E-state index in [4.69, 9.17) is 9.47 Å². The second kappa shape index (κ2) is 7.25. The molecule has 3 aromatic rings. The minimum atomic E-state index is -4.38. The first kappa shape index (κ1) is 16.8. The van der Waals surface area contributed by atoms with E-state index in [2.05, 4.69) is 10.1 Å². The Hall–Kier alpha value is -3.03. The van der Waals surface area contributed by atoms with Gasteiger partial charge in [0, 0.05) is 5.56 Å². The summed E-state index contributed by atoms with van der Waals surface area (Å²) in [6, 6.07) is 13.6. The van der Waals surface area contributed by atoms with Gasteiger partial charge >= 0.3 is 6.18 Å². The molecule has 0 N–H and O–H groups in total. The first-order chi connectivity index (χ1) is 12.0. The van der Waals surface area contributed by atoms with Crippen molar-refractivity contribution in [1.82, 2.24) is 14.8 Å². The van der Waals surface area contributed by atoms with E-state index >= 15 is 0 Å². The van der Waals surface area contributed by atoms with Gasteiger partial charge in [-0.3, -0.25) is 0 Å². The monoisotopic (exact) mass is 349 g/mol. The lowest BCUT2D eigenvalue weighted by atomic mass is 10.2. The Morgan fingerprint density at radius 2 is 1.72 bits per heavy atom. The fraction of sp³-hybridized carbons (Fsp3) is 0.176. The minimum Gasteiger partial charge on any atom is -0.489 e. The van der Waals surface area contributed by atoms with Crippen molar-refractivity contribution in [3.05, 3.63) is 66.7 Å². The highest BCUT2D eigenvalue weighted by atomic mass is 19.4. The molecule has 130 valence electrons. The standard InChI is InChI=1S/C17H14F3N3O2/c18-17(19,20)10-25-16-4-2-1-3-13(16)9-24-15-7-5-14(6-8-15)23-12-21-11-22-23/h1-8,11-12H,9-10H2. The highest BCUT2D eigenvalue weighted by Crippen LogP contribution is 2.24. The number of alkyl halides is 3. The number of hydrogen-bond donors (Lipinski definition) is 0. The van der Waals surface area contributed by atoms with Gasteiger partial charge in [0.2, 0.25) is 0 Å². The molecule has 8 heteroatoms. The van der Waals surface area contributed by atoms with Crippen LogP contribution in [0.2, 0.25) is 0 Å². The Kier molecular flexibility index (Phi) is 4.87. The molecule has 5 nitrogen and oxygen atoms in total. The molecule has 0 amide bonds. The maximum atomic E-state index is 12.3. The van der Waals surface area contributed by atoms with E-state index in [1.165, 1.54) is 12.4 Å². The lowest BCUT2D eigenvalue weighted by Gasteiger charge is -2.14. The lowest BCUT2D eigenvalue weighted by molar-refractivity contribution is -0.153. The number of aromatic nitrogens is 3. The summed E-state index contributed by atoms with van der Waals surface area (Å²) in [5.74, 6) is 0.730. The Bertz CT molecular complexity index is 803. The van der Waals surface area contributed by atoms with Crippen molar-refractivity contribution in [1.29, 1.82) is 0 Å². The number of ether oxygens (including phenoxy) is 2. The maximum Gasteiger partial charge on any atom is 0.422 e. The van der Waals surface area contributed by atoms with Gasteiger partial charge in [0.15, 0.2) is 6.61 Å². The molecular weight excluding hydrogens is 335 g/mol. The molecule has 0 saturated heterocycles. The average molecular weight is 349 g/mol. The van der Waals surface area contributed by atoms with E-state index in [0.29, 0.717) is 11.3 Å². The SMILES string of the molecule is FC(F)(F)COc1ccccc1COc1ccc(-n2cncn2)cc1. The number of hydrogen-bond acceptors (Lipinski definition) is 4. The molecule has 1 heterocycles. The summed E-state index contributed by atoms with van der Waals surface area (Å²) in [4.78, 5) is 3.87. The van der Waals surface area contributed by atoms with Crippen LogP contribution in [-0.2, 0) is 6.61 Å². The quantitative estimate of drug-likeness (QED) is 0.679. The molecule has 0 unspecified atom stereocenters. The third-order valence-corrected chi connectivity index (χ3v) is 3.28. The Balaban J connectivity index is 1.63. The molecule has 1 aromatic heterocycles.